The van der Waals surface area contributed by atoms with Crippen LogP contribution in [0.15, 0.2) is 17.5 Å². The molecule has 106 valence electrons. The first-order chi connectivity index (χ1) is 9.60. The lowest BCUT2D eigenvalue weighted by atomic mass is 10.2. The van der Waals surface area contributed by atoms with Gasteiger partial charge < -0.3 is 14.2 Å². The molecule has 0 radical (unpaired) electrons. The highest BCUT2D eigenvalue weighted by molar-refractivity contribution is 7.13. The van der Waals surface area contributed by atoms with E-state index in [-0.39, 0.29) is 5.78 Å². The fourth-order valence-corrected chi connectivity index (χ4v) is 2.62. The number of hydrogen-bond donors (Lipinski definition) is 0. The summed E-state index contributed by atoms with van der Waals surface area (Å²) in [5.74, 6) is 1.59. The number of hydrogen-bond acceptors (Lipinski definition) is 6. The lowest BCUT2D eigenvalue weighted by molar-refractivity contribution is 0.101. The second-order valence-electron chi connectivity index (χ2n) is 4.01. The van der Waals surface area contributed by atoms with Gasteiger partial charge in [0.15, 0.2) is 17.3 Å². The molecular weight excluding hydrogens is 278 g/mol. The number of aromatic nitrogens is 1. The highest BCUT2D eigenvalue weighted by Crippen LogP contribution is 2.41. The van der Waals surface area contributed by atoms with Crippen LogP contribution in [-0.4, -0.2) is 32.1 Å². The number of benzene rings is 1. The van der Waals surface area contributed by atoms with Crippen LogP contribution in [0.1, 0.15) is 17.4 Å². The van der Waals surface area contributed by atoms with Crippen LogP contribution in [-0.2, 0) is 0 Å². The minimum absolute atomic E-state index is 0.0556. The Hall–Kier alpha value is -2.08. The molecule has 0 unspecified atom stereocenters. The quantitative estimate of drug-likeness (QED) is 0.793. The van der Waals surface area contributed by atoms with Crippen molar-refractivity contribution in [2.45, 2.75) is 6.92 Å². The summed E-state index contributed by atoms with van der Waals surface area (Å²) in [7, 11) is 4.67. The van der Waals surface area contributed by atoms with E-state index in [0.29, 0.717) is 22.9 Å². The van der Waals surface area contributed by atoms with Gasteiger partial charge in [0.05, 0.1) is 21.3 Å². The Morgan fingerprint density at radius 1 is 1.10 bits per heavy atom. The minimum Gasteiger partial charge on any atom is -0.493 e. The molecule has 5 nitrogen and oxygen atoms in total. The summed E-state index contributed by atoms with van der Waals surface area (Å²) in [5.41, 5.74) is 1.27. The van der Waals surface area contributed by atoms with Gasteiger partial charge >= 0.3 is 0 Å². The molecule has 0 aliphatic heterocycles. The van der Waals surface area contributed by atoms with Gasteiger partial charge in [0.2, 0.25) is 5.75 Å². The normalized spacial score (nSPS) is 10.2. The Morgan fingerprint density at radius 2 is 1.70 bits per heavy atom. The highest BCUT2D eigenvalue weighted by atomic mass is 32.1. The Bertz CT molecular complexity index is 611. The Kier molecular flexibility index (Phi) is 4.24. The standard InChI is InChI=1S/C14H15NO4S/c1-8(16)10-7-20-14(15-10)9-5-11(17-2)13(19-4)12(6-9)18-3/h5-7H,1-4H3. The third-order valence-corrected chi connectivity index (χ3v) is 3.67. The number of ether oxygens (including phenoxy) is 3. The van der Waals surface area contributed by atoms with Crippen molar-refractivity contribution in [3.63, 3.8) is 0 Å². The number of carbonyl (C=O) groups excluding carboxylic acids is 1. The summed E-state index contributed by atoms with van der Waals surface area (Å²) in [6, 6.07) is 3.62. The zero-order valence-electron chi connectivity index (χ0n) is 11.7. The van der Waals surface area contributed by atoms with E-state index in [2.05, 4.69) is 4.98 Å². The average molecular weight is 293 g/mol. The molecule has 0 aliphatic rings. The molecule has 0 bridgehead atoms. The first-order valence-electron chi connectivity index (χ1n) is 5.87. The smallest absolute Gasteiger partial charge is 0.203 e. The zero-order chi connectivity index (χ0) is 14.7. The number of thiazole rings is 1. The van der Waals surface area contributed by atoms with Crippen LogP contribution in [0.3, 0.4) is 0 Å². The Morgan fingerprint density at radius 3 is 2.10 bits per heavy atom. The minimum atomic E-state index is -0.0556. The Balaban J connectivity index is 2.53. The van der Waals surface area contributed by atoms with Gasteiger partial charge in [-0.25, -0.2) is 4.98 Å². The number of methoxy groups -OCH3 is 3. The maximum atomic E-state index is 11.3. The third kappa shape index (κ3) is 2.60. The van der Waals surface area contributed by atoms with Crippen molar-refractivity contribution in [1.29, 1.82) is 0 Å². The van der Waals surface area contributed by atoms with Gasteiger partial charge in [0.25, 0.3) is 0 Å². The van der Waals surface area contributed by atoms with Crippen LogP contribution >= 0.6 is 11.3 Å². The van der Waals surface area contributed by atoms with Gasteiger partial charge in [0, 0.05) is 17.9 Å². The monoisotopic (exact) mass is 293 g/mol. The van der Waals surface area contributed by atoms with Crippen LogP contribution in [0.25, 0.3) is 10.6 Å². The molecule has 0 N–H and O–H groups in total. The number of nitrogens with zero attached hydrogens (tertiary/aromatic N) is 1. The first-order valence-corrected chi connectivity index (χ1v) is 6.75. The Labute approximate surface area is 121 Å². The van der Waals surface area contributed by atoms with E-state index >= 15 is 0 Å². The summed E-state index contributed by atoms with van der Waals surface area (Å²) < 4.78 is 15.9. The predicted molar refractivity (Wildman–Crippen MR) is 77.2 cm³/mol. The molecule has 20 heavy (non-hydrogen) atoms. The summed E-state index contributed by atoms with van der Waals surface area (Å²) in [6.07, 6.45) is 0. The van der Waals surface area contributed by atoms with Crippen LogP contribution in [0, 0.1) is 0 Å². The molecule has 2 rings (SSSR count). The SMILES string of the molecule is COc1cc(-c2nc(C(C)=O)cs2)cc(OC)c1OC. The van der Waals surface area contributed by atoms with Crippen molar-refractivity contribution in [2.75, 3.05) is 21.3 Å². The molecule has 0 amide bonds. The number of Topliss-reactive ketones (excluding diaryl/α,β-unsaturated/α-hetero) is 1. The van der Waals surface area contributed by atoms with E-state index in [1.54, 1.807) is 26.7 Å². The molecule has 1 aromatic heterocycles. The van der Waals surface area contributed by atoms with Crippen molar-refractivity contribution in [1.82, 2.24) is 4.98 Å². The van der Waals surface area contributed by atoms with Crippen molar-refractivity contribution in [2.24, 2.45) is 0 Å². The molecule has 2 aromatic rings. The van der Waals surface area contributed by atoms with Gasteiger partial charge in [-0.1, -0.05) is 0 Å². The van der Waals surface area contributed by atoms with E-state index < -0.39 is 0 Å². The molecule has 1 aromatic carbocycles. The van der Waals surface area contributed by atoms with Crippen LogP contribution in [0.2, 0.25) is 0 Å². The van der Waals surface area contributed by atoms with E-state index in [1.807, 2.05) is 12.1 Å². The molecule has 6 heteroatoms. The maximum absolute atomic E-state index is 11.3. The van der Waals surface area contributed by atoms with Gasteiger partial charge in [-0.3, -0.25) is 4.79 Å². The average Bonchev–Trinajstić information content (AvgIpc) is 2.95. The summed E-state index contributed by atoms with van der Waals surface area (Å²) in [4.78, 5) is 15.6. The molecule has 1 heterocycles. The largest absolute Gasteiger partial charge is 0.493 e. The van der Waals surface area contributed by atoms with E-state index in [4.69, 9.17) is 14.2 Å². The van der Waals surface area contributed by atoms with Crippen molar-refractivity contribution in [3.05, 3.63) is 23.2 Å². The van der Waals surface area contributed by atoms with Crippen LogP contribution < -0.4 is 14.2 Å². The van der Waals surface area contributed by atoms with Gasteiger partial charge in [0.1, 0.15) is 10.7 Å². The van der Waals surface area contributed by atoms with Gasteiger partial charge in [-0.15, -0.1) is 11.3 Å². The topological polar surface area (TPSA) is 57.7 Å². The molecule has 0 saturated heterocycles. The highest BCUT2D eigenvalue weighted by Gasteiger charge is 2.16. The first kappa shape index (κ1) is 14.3. The van der Waals surface area contributed by atoms with E-state index in [9.17, 15) is 4.79 Å². The maximum Gasteiger partial charge on any atom is 0.203 e. The van der Waals surface area contributed by atoms with Crippen molar-refractivity contribution in [3.8, 4) is 27.8 Å². The van der Waals surface area contributed by atoms with Crippen LogP contribution in [0.4, 0.5) is 0 Å². The second kappa shape index (κ2) is 5.92. The number of ketones is 1. The van der Waals surface area contributed by atoms with E-state index in [0.717, 1.165) is 10.6 Å². The summed E-state index contributed by atoms with van der Waals surface area (Å²) in [5, 5.41) is 2.47. The van der Waals surface area contributed by atoms with Crippen molar-refractivity contribution < 1.29 is 19.0 Å². The third-order valence-electron chi connectivity index (χ3n) is 2.78. The molecule has 0 spiro atoms. The summed E-state index contributed by atoms with van der Waals surface area (Å²) >= 11 is 1.40. The zero-order valence-corrected chi connectivity index (χ0v) is 12.5. The lowest BCUT2D eigenvalue weighted by Crippen LogP contribution is -1.96. The van der Waals surface area contributed by atoms with Gasteiger partial charge in [-0.05, 0) is 12.1 Å². The molecule has 0 atom stereocenters. The fraction of sp³-hybridized carbons (Fsp3) is 0.286. The second-order valence-corrected chi connectivity index (χ2v) is 4.87. The summed E-state index contributed by atoms with van der Waals surface area (Å²) in [6.45, 7) is 1.49. The number of rotatable bonds is 5. The number of carbonyl (C=O) groups is 1. The predicted octanol–water partition coefficient (Wildman–Crippen LogP) is 3.04. The van der Waals surface area contributed by atoms with E-state index in [1.165, 1.54) is 18.3 Å². The fourth-order valence-electron chi connectivity index (χ4n) is 1.77. The van der Waals surface area contributed by atoms with Crippen molar-refractivity contribution >= 4 is 17.1 Å². The molecule has 0 aliphatic carbocycles. The van der Waals surface area contributed by atoms with Gasteiger partial charge in [-0.2, -0.15) is 0 Å². The molecular formula is C14H15NO4S. The lowest BCUT2D eigenvalue weighted by Gasteiger charge is -2.13. The molecule has 0 fully saturated rings. The molecule has 0 saturated carbocycles. The van der Waals surface area contributed by atoms with Crippen LogP contribution in [0.5, 0.6) is 17.2 Å².